The van der Waals surface area contributed by atoms with E-state index in [0.29, 0.717) is 0 Å². The number of benzene rings is 1. The molecule has 1 N–H and O–H groups in total. The van der Waals surface area contributed by atoms with Crippen LogP contribution in [0.25, 0.3) is 11.3 Å². The molecule has 96 valence electrons. The van der Waals surface area contributed by atoms with Crippen LogP contribution >= 0.6 is 0 Å². The highest BCUT2D eigenvalue weighted by Crippen LogP contribution is 2.32. The molecule has 3 heteroatoms. The lowest BCUT2D eigenvalue weighted by molar-refractivity contribution is 0.294. The summed E-state index contributed by atoms with van der Waals surface area (Å²) in [5, 5.41) is 14.7. The molecule has 2 aromatic rings. The van der Waals surface area contributed by atoms with Gasteiger partial charge < -0.3 is 5.11 Å². The lowest BCUT2D eigenvalue weighted by atomic mass is 10.1. The number of aromatic nitrogens is 2. The average Bonchev–Trinajstić information content (AvgIpc) is 2.55. The van der Waals surface area contributed by atoms with Gasteiger partial charge in [-0.05, 0) is 40.7 Å². The van der Waals surface area contributed by atoms with E-state index < -0.39 is 0 Å². The maximum absolute atomic E-state index is 10.2. The first-order valence-corrected chi connectivity index (χ1v) is 6.17. The van der Waals surface area contributed by atoms with Crippen LogP contribution in [0.2, 0.25) is 0 Å². The van der Waals surface area contributed by atoms with Gasteiger partial charge in [0.1, 0.15) is 0 Å². The van der Waals surface area contributed by atoms with Crippen molar-refractivity contribution in [3.63, 3.8) is 0 Å². The molecule has 1 aromatic heterocycles. The molecule has 0 bridgehead atoms. The first-order valence-electron chi connectivity index (χ1n) is 6.17. The molecule has 0 saturated heterocycles. The van der Waals surface area contributed by atoms with Crippen LogP contribution in [0.4, 0.5) is 0 Å². The maximum atomic E-state index is 10.2. The van der Waals surface area contributed by atoms with Crippen LogP contribution < -0.4 is 0 Å². The smallest absolute Gasteiger partial charge is 0.213 e. The fraction of sp³-hybridized carbons (Fsp3) is 0.400. The zero-order chi connectivity index (χ0) is 13.5. The van der Waals surface area contributed by atoms with Crippen molar-refractivity contribution >= 4 is 0 Å². The van der Waals surface area contributed by atoms with Crippen LogP contribution in [-0.4, -0.2) is 14.9 Å². The fourth-order valence-electron chi connectivity index (χ4n) is 2.02. The van der Waals surface area contributed by atoms with Gasteiger partial charge in [-0.15, -0.1) is 0 Å². The highest BCUT2D eigenvalue weighted by Gasteiger charge is 2.23. The van der Waals surface area contributed by atoms with Gasteiger partial charge in [0.25, 0.3) is 0 Å². The second-order valence-electron chi connectivity index (χ2n) is 5.75. The minimum atomic E-state index is -0.225. The summed E-state index contributed by atoms with van der Waals surface area (Å²) in [6.07, 6.45) is 0. The summed E-state index contributed by atoms with van der Waals surface area (Å²) in [6.45, 7) is 10.0. The summed E-state index contributed by atoms with van der Waals surface area (Å²) in [5.74, 6) is 0.249. The van der Waals surface area contributed by atoms with Gasteiger partial charge in [0.15, 0.2) is 0 Å². The third-order valence-electron chi connectivity index (χ3n) is 3.02. The van der Waals surface area contributed by atoms with Crippen molar-refractivity contribution < 1.29 is 5.11 Å². The van der Waals surface area contributed by atoms with Crippen molar-refractivity contribution in [2.24, 2.45) is 0 Å². The second kappa shape index (κ2) is 4.16. The zero-order valence-corrected chi connectivity index (χ0v) is 11.7. The van der Waals surface area contributed by atoms with Crippen molar-refractivity contribution in [3.8, 4) is 17.1 Å². The first kappa shape index (κ1) is 12.7. The molecule has 0 unspecified atom stereocenters. The van der Waals surface area contributed by atoms with Gasteiger partial charge in [0.2, 0.25) is 5.88 Å². The molecule has 0 aliphatic rings. The van der Waals surface area contributed by atoms with Crippen LogP contribution in [0.15, 0.2) is 24.3 Å². The Balaban J connectivity index is 2.60. The fourth-order valence-corrected chi connectivity index (χ4v) is 2.02. The number of hydrogen-bond donors (Lipinski definition) is 1. The van der Waals surface area contributed by atoms with Crippen LogP contribution in [0.3, 0.4) is 0 Å². The maximum Gasteiger partial charge on any atom is 0.213 e. The zero-order valence-electron chi connectivity index (χ0n) is 11.7. The van der Waals surface area contributed by atoms with Crippen molar-refractivity contribution in [1.82, 2.24) is 9.78 Å². The number of aromatic hydroxyl groups is 1. The summed E-state index contributed by atoms with van der Waals surface area (Å²) in [6, 6.07) is 8.17. The molecular formula is C15H20N2O. The van der Waals surface area contributed by atoms with Gasteiger partial charge in [-0.2, -0.15) is 5.10 Å². The van der Waals surface area contributed by atoms with Gasteiger partial charge in [0.05, 0.1) is 11.2 Å². The molecule has 3 nitrogen and oxygen atoms in total. The summed E-state index contributed by atoms with van der Waals surface area (Å²) >= 11 is 0. The van der Waals surface area contributed by atoms with Gasteiger partial charge >= 0.3 is 0 Å². The van der Waals surface area contributed by atoms with E-state index in [4.69, 9.17) is 0 Å². The van der Waals surface area contributed by atoms with Gasteiger partial charge in [-0.25, -0.2) is 4.68 Å². The highest BCUT2D eigenvalue weighted by molar-refractivity contribution is 5.65. The molecule has 0 fully saturated rings. The van der Waals surface area contributed by atoms with Crippen LogP contribution in [0, 0.1) is 13.8 Å². The third kappa shape index (κ3) is 2.13. The molecule has 0 saturated carbocycles. The topological polar surface area (TPSA) is 38.0 Å². The average molecular weight is 244 g/mol. The number of hydrogen-bond acceptors (Lipinski definition) is 2. The van der Waals surface area contributed by atoms with Crippen molar-refractivity contribution in [3.05, 3.63) is 35.4 Å². The predicted molar refractivity (Wildman–Crippen MR) is 73.8 cm³/mol. The minimum absolute atomic E-state index is 0.225. The van der Waals surface area contributed by atoms with E-state index in [-0.39, 0.29) is 11.4 Å². The van der Waals surface area contributed by atoms with E-state index >= 15 is 0 Å². The lowest BCUT2D eigenvalue weighted by Gasteiger charge is -2.19. The Hall–Kier alpha value is -1.77. The summed E-state index contributed by atoms with van der Waals surface area (Å²) in [4.78, 5) is 0. The predicted octanol–water partition coefficient (Wildman–Crippen LogP) is 3.63. The lowest BCUT2D eigenvalue weighted by Crippen LogP contribution is -2.22. The van der Waals surface area contributed by atoms with Gasteiger partial charge in [-0.3, -0.25) is 0 Å². The van der Waals surface area contributed by atoms with E-state index in [0.717, 1.165) is 16.8 Å². The van der Waals surface area contributed by atoms with Crippen molar-refractivity contribution in [2.45, 2.75) is 40.2 Å². The van der Waals surface area contributed by atoms with E-state index in [2.05, 4.69) is 24.2 Å². The molecule has 1 heterocycles. The van der Waals surface area contributed by atoms with Crippen LogP contribution in [0.5, 0.6) is 5.88 Å². The second-order valence-corrected chi connectivity index (χ2v) is 5.75. The molecular weight excluding hydrogens is 224 g/mol. The Kier molecular flexibility index (Phi) is 2.93. The Bertz CT molecular complexity index is 577. The highest BCUT2D eigenvalue weighted by atomic mass is 16.3. The number of aryl methyl sites for hydroxylation is 1. The third-order valence-corrected chi connectivity index (χ3v) is 3.02. The molecule has 0 radical (unpaired) electrons. The quantitative estimate of drug-likeness (QED) is 0.832. The molecule has 0 aliphatic carbocycles. The molecule has 2 rings (SSSR count). The normalized spacial score (nSPS) is 11.8. The number of nitrogens with zero attached hydrogens (tertiary/aromatic N) is 2. The van der Waals surface area contributed by atoms with Crippen LogP contribution in [-0.2, 0) is 5.54 Å². The van der Waals surface area contributed by atoms with E-state index in [1.165, 1.54) is 5.56 Å². The Morgan fingerprint density at radius 2 is 1.83 bits per heavy atom. The van der Waals surface area contributed by atoms with E-state index in [1.807, 2.05) is 39.8 Å². The molecule has 0 atom stereocenters. The molecule has 18 heavy (non-hydrogen) atoms. The van der Waals surface area contributed by atoms with Crippen molar-refractivity contribution in [2.75, 3.05) is 0 Å². The van der Waals surface area contributed by atoms with Crippen molar-refractivity contribution in [1.29, 1.82) is 0 Å². The largest absolute Gasteiger partial charge is 0.493 e. The monoisotopic (exact) mass is 244 g/mol. The van der Waals surface area contributed by atoms with Gasteiger partial charge in [-0.1, -0.05) is 23.8 Å². The molecule has 0 amide bonds. The summed E-state index contributed by atoms with van der Waals surface area (Å²) < 4.78 is 1.68. The first-order chi connectivity index (χ1) is 8.30. The molecule has 1 aromatic carbocycles. The van der Waals surface area contributed by atoms with Gasteiger partial charge in [0, 0.05) is 11.1 Å². The minimum Gasteiger partial charge on any atom is -0.493 e. The SMILES string of the molecule is Cc1cccc(-c2nn(C(C)(C)C)c(O)c2C)c1. The van der Waals surface area contributed by atoms with E-state index in [1.54, 1.807) is 4.68 Å². The molecule has 0 spiro atoms. The van der Waals surface area contributed by atoms with E-state index in [9.17, 15) is 5.11 Å². The van der Waals surface area contributed by atoms with Crippen LogP contribution in [0.1, 0.15) is 31.9 Å². The standard InChI is InChI=1S/C15H20N2O/c1-10-7-6-8-12(9-10)13-11(2)14(18)17(16-13)15(3,4)5/h6-9,18H,1-5H3. The Labute approximate surface area is 108 Å². The summed E-state index contributed by atoms with van der Waals surface area (Å²) in [7, 11) is 0. The summed E-state index contributed by atoms with van der Waals surface area (Å²) in [5.41, 5.74) is 3.70. The Morgan fingerprint density at radius 3 is 2.33 bits per heavy atom. The molecule has 0 aliphatic heterocycles. The Morgan fingerprint density at radius 1 is 1.17 bits per heavy atom. The number of rotatable bonds is 1.